The van der Waals surface area contributed by atoms with Gasteiger partial charge in [0, 0.05) is 29.2 Å². The molecule has 2 heterocycles. The maximum Gasteiger partial charge on any atom is 0.0720 e. The number of fused-ring (bicyclic) bond motifs is 1. The van der Waals surface area contributed by atoms with Crippen molar-refractivity contribution >= 4 is 33.5 Å². The van der Waals surface area contributed by atoms with Gasteiger partial charge in [0.15, 0.2) is 0 Å². The van der Waals surface area contributed by atoms with Crippen molar-refractivity contribution in [2.45, 2.75) is 67.9 Å². The summed E-state index contributed by atoms with van der Waals surface area (Å²) in [6.45, 7) is 1.80. The number of aromatic nitrogens is 1. The zero-order valence-corrected chi connectivity index (χ0v) is 20.1. The van der Waals surface area contributed by atoms with Crippen LogP contribution in [0.5, 0.6) is 0 Å². The summed E-state index contributed by atoms with van der Waals surface area (Å²) in [7, 11) is 0. The monoisotopic (exact) mass is 530 g/mol. The van der Waals surface area contributed by atoms with Crippen molar-refractivity contribution < 1.29 is 9.84 Å². The summed E-state index contributed by atoms with van der Waals surface area (Å²) in [5.74, 6) is 0. The topological polar surface area (TPSA) is 48.5 Å². The second-order valence-electron chi connectivity index (χ2n) is 9.04. The molecule has 0 unspecified atom stereocenters. The molecule has 1 saturated carbocycles. The third kappa shape index (κ3) is 4.85. The fourth-order valence-corrected chi connectivity index (χ4v) is 6.09. The third-order valence-electron chi connectivity index (χ3n) is 6.86. The van der Waals surface area contributed by atoms with Gasteiger partial charge < -0.3 is 14.8 Å². The molecule has 0 radical (unpaired) electrons. The Kier molecular flexibility index (Phi) is 6.64. The Labute approximate surface area is 198 Å². The second kappa shape index (κ2) is 9.61. The summed E-state index contributed by atoms with van der Waals surface area (Å²) >= 11 is 2.50. The van der Waals surface area contributed by atoms with E-state index in [9.17, 15) is 5.11 Å². The highest BCUT2D eigenvalue weighted by molar-refractivity contribution is 14.1. The Hall–Kier alpha value is -1.41. The maximum atomic E-state index is 9.69. The lowest BCUT2D eigenvalue weighted by Gasteiger charge is -2.25. The average molecular weight is 530 g/mol. The number of hydrogen-bond donors (Lipinski definition) is 2. The van der Waals surface area contributed by atoms with Crippen LogP contribution < -0.4 is 0 Å². The van der Waals surface area contributed by atoms with E-state index in [4.69, 9.17) is 4.74 Å². The molecule has 2 atom stereocenters. The van der Waals surface area contributed by atoms with Crippen molar-refractivity contribution in [1.82, 2.24) is 9.88 Å². The molecule has 31 heavy (non-hydrogen) atoms. The summed E-state index contributed by atoms with van der Waals surface area (Å²) in [6, 6.07) is 18.0. The predicted octanol–water partition coefficient (Wildman–Crippen LogP) is 6.01. The second-order valence-corrected chi connectivity index (χ2v) is 10.5. The Morgan fingerprint density at radius 1 is 1.00 bits per heavy atom. The molecule has 2 aliphatic rings. The van der Waals surface area contributed by atoms with E-state index in [0.29, 0.717) is 16.8 Å². The number of alkyl halides is 1. The highest BCUT2D eigenvalue weighted by Gasteiger charge is 2.31. The van der Waals surface area contributed by atoms with Crippen LogP contribution in [0.4, 0.5) is 0 Å². The van der Waals surface area contributed by atoms with Crippen LogP contribution >= 0.6 is 22.6 Å². The minimum Gasteiger partial charge on any atom is -0.395 e. The largest absolute Gasteiger partial charge is 0.395 e. The van der Waals surface area contributed by atoms with Gasteiger partial charge in [0.2, 0.25) is 0 Å². The molecule has 1 aliphatic carbocycles. The predicted molar refractivity (Wildman–Crippen MR) is 134 cm³/mol. The van der Waals surface area contributed by atoms with Gasteiger partial charge in [-0.3, -0.25) is 4.90 Å². The minimum atomic E-state index is 0.241. The fraction of sp³-hybridized carbons (Fsp3) is 0.462. The maximum absolute atomic E-state index is 9.69. The number of likely N-dealkylation sites (tertiary alicyclic amines) is 1. The number of benzene rings is 2. The van der Waals surface area contributed by atoms with Gasteiger partial charge in [-0.25, -0.2) is 0 Å². The molecule has 0 bridgehead atoms. The fourth-order valence-electron chi connectivity index (χ4n) is 5.08. The van der Waals surface area contributed by atoms with E-state index in [1.165, 1.54) is 59.0 Å². The first kappa shape index (κ1) is 21.4. The zero-order chi connectivity index (χ0) is 21.2. The summed E-state index contributed by atoms with van der Waals surface area (Å²) in [5, 5.41) is 10.9. The van der Waals surface area contributed by atoms with Crippen LogP contribution in [-0.2, 0) is 17.9 Å². The van der Waals surface area contributed by atoms with Crippen LogP contribution in [0.1, 0.15) is 49.8 Å². The molecule has 1 saturated heterocycles. The van der Waals surface area contributed by atoms with Crippen LogP contribution in [0.25, 0.3) is 22.0 Å². The molecule has 5 rings (SSSR count). The minimum absolute atomic E-state index is 0.241. The van der Waals surface area contributed by atoms with Gasteiger partial charge in [-0.2, -0.15) is 0 Å². The van der Waals surface area contributed by atoms with Crippen molar-refractivity contribution in [3.8, 4) is 11.1 Å². The smallest absolute Gasteiger partial charge is 0.0720 e. The molecule has 0 spiro atoms. The summed E-state index contributed by atoms with van der Waals surface area (Å²) in [4.78, 5) is 6.00. The zero-order valence-electron chi connectivity index (χ0n) is 17.9. The number of hydrogen-bond acceptors (Lipinski definition) is 3. The summed E-state index contributed by atoms with van der Waals surface area (Å²) in [6.07, 6.45) is 7.70. The number of H-pyrrole nitrogens is 1. The molecule has 4 nitrogen and oxygen atoms in total. The molecule has 0 amide bonds. The van der Waals surface area contributed by atoms with Gasteiger partial charge in [0.1, 0.15) is 0 Å². The highest BCUT2D eigenvalue weighted by atomic mass is 127. The van der Waals surface area contributed by atoms with Crippen LogP contribution in [0.15, 0.2) is 48.5 Å². The van der Waals surface area contributed by atoms with E-state index in [1.54, 1.807) is 0 Å². The van der Waals surface area contributed by atoms with Gasteiger partial charge >= 0.3 is 0 Å². The highest BCUT2D eigenvalue weighted by Crippen LogP contribution is 2.31. The first-order chi connectivity index (χ1) is 15.2. The van der Waals surface area contributed by atoms with Crippen molar-refractivity contribution in [3.63, 3.8) is 0 Å². The van der Waals surface area contributed by atoms with Crippen LogP contribution in [0, 0.1) is 0 Å². The first-order valence-electron chi connectivity index (χ1n) is 11.5. The number of aliphatic hydroxyl groups excluding tert-OH is 1. The molecule has 2 fully saturated rings. The van der Waals surface area contributed by atoms with Crippen LogP contribution in [0.2, 0.25) is 0 Å². The average Bonchev–Trinajstić information content (AvgIpc) is 3.53. The van der Waals surface area contributed by atoms with E-state index in [2.05, 4.69) is 81.0 Å². The van der Waals surface area contributed by atoms with Gasteiger partial charge in [-0.1, -0.05) is 59.7 Å². The number of nitrogens with zero attached hydrogens (tertiary/aromatic N) is 1. The third-order valence-corrected chi connectivity index (χ3v) is 8.19. The van der Waals surface area contributed by atoms with E-state index >= 15 is 0 Å². The Morgan fingerprint density at radius 3 is 2.68 bits per heavy atom. The Balaban J connectivity index is 1.32. The van der Waals surface area contributed by atoms with Gasteiger partial charge in [0.05, 0.1) is 23.4 Å². The number of aromatic amines is 1. The van der Waals surface area contributed by atoms with E-state index < -0.39 is 0 Å². The summed E-state index contributed by atoms with van der Waals surface area (Å²) in [5.41, 5.74) is 6.11. The molecule has 3 aromatic rings. The normalized spacial score (nSPS) is 22.6. The Bertz CT molecular complexity index is 1030. The standard InChI is InChI=1S/C26H31IN2O2/c27-26-11-9-23(16-30)29(26)15-22-14-21-13-20(8-10-25(21)28-22)19-5-3-4-18(12-19)17-31-24-6-1-2-7-24/h3-5,8,10,12-14,23-24,26,28,30H,1-2,6-7,9,11,15-17H2/t23-,26-/m1/s1. The Morgan fingerprint density at radius 2 is 1.84 bits per heavy atom. The van der Waals surface area contributed by atoms with Crippen molar-refractivity contribution in [3.05, 3.63) is 59.8 Å². The molecular weight excluding hydrogens is 499 g/mol. The van der Waals surface area contributed by atoms with Crippen LogP contribution in [-0.4, -0.2) is 37.8 Å². The van der Waals surface area contributed by atoms with Crippen molar-refractivity contribution in [2.75, 3.05) is 6.61 Å². The van der Waals surface area contributed by atoms with Crippen LogP contribution in [0.3, 0.4) is 0 Å². The molecule has 5 heteroatoms. The van der Waals surface area contributed by atoms with Gasteiger partial charge in [-0.15, -0.1) is 0 Å². The SMILES string of the molecule is OC[C@H]1CC[C@H](I)N1Cc1cc2cc(-c3cccc(COC4CCCC4)c3)ccc2[nH]1. The molecule has 2 N–H and O–H groups in total. The quantitative estimate of drug-likeness (QED) is 0.224. The number of ether oxygens (including phenoxy) is 1. The molecule has 1 aromatic heterocycles. The van der Waals surface area contributed by atoms with Gasteiger partial charge in [-0.05, 0) is 66.6 Å². The van der Waals surface area contributed by atoms with E-state index in [1.807, 2.05) is 0 Å². The summed E-state index contributed by atoms with van der Waals surface area (Å²) < 4.78 is 6.61. The number of rotatable bonds is 7. The lowest BCUT2D eigenvalue weighted by Crippen LogP contribution is -2.34. The van der Waals surface area contributed by atoms with E-state index in [0.717, 1.165) is 19.4 Å². The number of halogens is 1. The van der Waals surface area contributed by atoms with E-state index in [-0.39, 0.29) is 12.6 Å². The first-order valence-corrected chi connectivity index (χ1v) is 12.8. The lowest BCUT2D eigenvalue weighted by molar-refractivity contribution is 0.0457. The molecular formula is C26H31IN2O2. The molecule has 2 aromatic carbocycles. The van der Waals surface area contributed by atoms with Crippen molar-refractivity contribution in [1.29, 1.82) is 0 Å². The van der Waals surface area contributed by atoms with Gasteiger partial charge in [0.25, 0.3) is 0 Å². The number of aliphatic hydroxyl groups is 1. The lowest BCUT2D eigenvalue weighted by atomic mass is 10.0. The number of nitrogens with one attached hydrogen (secondary N) is 1. The van der Waals surface area contributed by atoms with Crippen molar-refractivity contribution in [2.24, 2.45) is 0 Å². The molecule has 1 aliphatic heterocycles. The molecule has 164 valence electrons.